The van der Waals surface area contributed by atoms with Crippen LogP contribution in [0.4, 0.5) is 0 Å². The number of phosphoric acid groups is 1. The molecule has 0 aromatic heterocycles. The van der Waals surface area contributed by atoms with Crippen LogP contribution in [0.1, 0.15) is 6.92 Å². The summed E-state index contributed by atoms with van der Waals surface area (Å²) in [4.78, 5) is 19.3. The molecule has 0 aliphatic rings. The summed E-state index contributed by atoms with van der Waals surface area (Å²) in [6, 6.07) is 0. The molecular formula is C6H13O7P. The largest absolute Gasteiger partial charge is 0.479 e. The molecule has 0 aliphatic heterocycles. The van der Waals surface area contributed by atoms with Crippen molar-refractivity contribution in [2.24, 2.45) is 0 Å². The van der Waals surface area contributed by atoms with Gasteiger partial charge in [-0.15, -0.1) is 0 Å². The van der Waals surface area contributed by atoms with Gasteiger partial charge >= 0.3 is 13.8 Å². The second kappa shape index (κ2) is 6.10. The standard InChI is InChI=1S/C6H13O7P/c1-3-12-5(6(7)8)4-13-14(9,10)11-2/h5H,3-4H2,1-2H3,(H,7,8)(H,9,10)/t5-/m1/s1. The van der Waals surface area contributed by atoms with Crippen molar-refractivity contribution in [2.45, 2.75) is 13.0 Å². The Kier molecular flexibility index (Phi) is 5.90. The molecule has 2 N–H and O–H groups in total. The first-order chi connectivity index (χ1) is 6.43. The molecule has 0 amide bonds. The lowest BCUT2D eigenvalue weighted by Crippen LogP contribution is -2.28. The Hall–Kier alpha value is -0.460. The van der Waals surface area contributed by atoms with Crippen LogP contribution in [-0.2, 0) is 23.1 Å². The van der Waals surface area contributed by atoms with Crippen molar-refractivity contribution in [3.63, 3.8) is 0 Å². The smallest absolute Gasteiger partial charge is 0.472 e. The Morgan fingerprint density at radius 1 is 1.57 bits per heavy atom. The van der Waals surface area contributed by atoms with Gasteiger partial charge in [-0.1, -0.05) is 0 Å². The average molecular weight is 228 g/mol. The SMILES string of the molecule is CCO[C@H](COP(=O)(O)OC)C(=O)O. The molecule has 7 nitrogen and oxygen atoms in total. The van der Waals surface area contributed by atoms with E-state index in [0.717, 1.165) is 7.11 Å². The first kappa shape index (κ1) is 13.5. The molecule has 0 aliphatic carbocycles. The third-order valence-corrected chi connectivity index (χ3v) is 2.20. The van der Waals surface area contributed by atoms with E-state index in [4.69, 9.17) is 14.7 Å². The third-order valence-electron chi connectivity index (χ3n) is 1.26. The highest BCUT2D eigenvalue weighted by Crippen LogP contribution is 2.41. The Morgan fingerprint density at radius 2 is 2.14 bits per heavy atom. The maximum Gasteiger partial charge on any atom is 0.472 e. The highest BCUT2D eigenvalue weighted by molar-refractivity contribution is 7.47. The Morgan fingerprint density at radius 3 is 2.50 bits per heavy atom. The maximum absolute atomic E-state index is 10.8. The molecule has 0 fully saturated rings. The van der Waals surface area contributed by atoms with Gasteiger partial charge in [0, 0.05) is 13.7 Å². The fourth-order valence-electron chi connectivity index (χ4n) is 0.606. The average Bonchev–Trinajstić information content (AvgIpc) is 2.12. The molecule has 14 heavy (non-hydrogen) atoms. The van der Waals surface area contributed by atoms with Crippen molar-refractivity contribution in [3.8, 4) is 0 Å². The molecule has 0 rings (SSSR count). The van der Waals surface area contributed by atoms with E-state index in [1.807, 2.05) is 0 Å². The van der Waals surface area contributed by atoms with E-state index in [0.29, 0.717) is 0 Å². The molecular weight excluding hydrogens is 215 g/mol. The molecule has 84 valence electrons. The van der Waals surface area contributed by atoms with Gasteiger partial charge in [-0.2, -0.15) is 0 Å². The molecule has 0 spiro atoms. The van der Waals surface area contributed by atoms with Crippen molar-refractivity contribution in [3.05, 3.63) is 0 Å². The highest BCUT2D eigenvalue weighted by atomic mass is 31.2. The van der Waals surface area contributed by atoms with Crippen molar-refractivity contribution in [1.82, 2.24) is 0 Å². The van der Waals surface area contributed by atoms with Crippen LogP contribution in [0.15, 0.2) is 0 Å². The molecule has 0 heterocycles. The summed E-state index contributed by atoms with van der Waals surface area (Å²) >= 11 is 0. The van der Waals surface area contributed by atoms with Gasteiger partial charge < -0.3 is 14.7 Å². The summed E-state index contributed by atoms with van der Waals surface area (Å²) in [5, 5.41) is 8.56. The Balaban J connectivity index is 4.06. The molecule has 8 heteroatoms. The molecule has 0 aromatic rings. The number of rotatable bonds is 7. The predicted molar refractivity (Wildman–Crippen MR) is 45.8 cm³/mol. The second-order valence-electron chi connectivity index (χ2n) is 2.23. The van der Waals surface area contributed by atoms with Crippen LogP contribution >= 0.6 is 7.82 Å². The molecule has 0 radical (unpaired) electrons. The van der Waals surface area contributed by atoms with Crippen LogP contribution < -0.4 is 0 Å². The minimum atomic E-state index is -4.13. The molecule has 0 saturated heterocycles. The summed E-state index contributed by atoms with van der Waals surface area (Å²) in [6.07, 6.45) is -1.27. The summed E-state index contributed by atoms with van der Waals surface area (Å²) in [5.41, 5.74) is 0. The topological polar surface area (TPSA) is 102 Å². The molecule has 0 saturated carbocycles. The molecule has 0 aromatic carbocycles. The zero-order chi connectivity index (χ0) is 11.2. The van der Waals surface area contributed by atoms with Gasteiger partial charge in [0.15, 0.2) is 6.10 Å². The van der Waals surface area contributed by atoms with Crippen LogP contribution in [-0.4, -0.2) is 42.4 Å². The van der Waals surface area contributed by atoms with Crippen molar-refractivity contribution in [2.75, 3.05) is 20.3 Å². The van der Waals surface area contributed by atoms with E-state index in [1.165, 1.54) is 0 Å². The van der Waals surface area contributed by atoms with Crippen LogP contribution in [0.2, 0.25) is 0 Å². The van der Waals surface area contributed by atoms with Crippen LogP contribution in [0.25, 0.3) is 0 Å². The number of carboxylic acids is 1. The van der Waals surface area contributed by atoms with Gasteiger partial charge in [0.1, 0.15) is 0 Å². The van der Waals surface area contributed by atoms with E-state index >= 15 is 0 Å². The number of aliphatic carboxylic acids is 1. The summed E-state index contributed by atoms with van der Waals surface area (Å²) < 4.78 is 23.9. The zero-order valence-electron chi connectivity index (χ0n) is 7.87. The lowest BCUT2D eigenvalue weighted by molar-refractivity contribution is -0.152. The predicted octanol–water partition coefficient (Wildman–Crippen LogP) is 0.239. The van der Waals surface area contributed by atoms with E-state index in [2.05, 4.69) is 9.05 Å². The molecule has 0 bridgehead atoms. The number of hydrogen-bond donors (Lipinski definition) is 2. The minimum Gasteiger partial charge on any atom is -0.479 e. The Bertz CT molecular complexity index is 228. The zero-order valence-corrected chi connectivity index (χ0v) is 8.77. The van der Waals surface area contributed by atoms with E-state index < -0.39 is 26.5 Å². The second-order valence-corrected chi connectivity index (χ2v) is 3.79. The van der Waals surface area contributed by atoms with Gasteiger partial charge in [-0.3, -0.25) is 9.05 Å². The fraction of sp³-hybridized carbons (Fsp3) is 0.833. The maximum atomic E-state index is 10.8. The van der Waals surface area contributed by atoms with Gasteiger partial charge in [-0.25, -0.2) is 9.36 Å². The summed E-state index contributed by atoms with van der Waals surface area (Å²) in [5.74, 6) is -1.26. The van der Waals surface area contributed by atoms with Gasteiger partial charge in [0.25, 0.3) is 0 Å². The Labute approximate surface area is 81.2 Å². The highest BCUT2D eigenvalue weighted by Gasteiger charge is 2.25. The van der Waals surface area contributed by atoms with E-state index in [-0.39, 0.29) is 6.61 Å². The first-order valence-corrected chi connectivity index (χ1v) is 5.30. The van der Waals surface area contributed by atoms with Crippen molar-refractivity contribution >= 4 is 13.8 Å². The quantitative estimate of drug-likeness (QED) is 0.601. The van der Waals surface area contributed by atoms with Crippen LogP contribution in [0.5, 0.6) is 0 Å². The number of phosphoric ester groups is 1. The lowest BCUT2D eigenvalue weighted by atomic mass is 10.4. The number of ether oxygens (including phenoxy) is 1. The van der Waals surface area contributed by atoms with Gasteiger partial charge in [0.05, 0.1) is 6.61 Å². The van der Waals surface area contributed by atoms with Crippen molar-refractivity contribution in [1.29, 1.82) is 0 Å². The first-order valence-electron chi connectivity index (χ1n) is 3.80. The molecule has 2 atom stereocenters. The van der Waals surface area contributed by atoms with Crippen molar-refractivity contribution < 1.29 is 33.1 Å². The van der Waals surface area contributed by atoms with Crippen LogP contribution in [0.3, 0.4) is 0 Å². The normalized spacial score (nSPS) is 17.4. The van der Waals surface area contributed by atoms with E-state index in [9.17, 15) is 9.36 Å². The lowest BCUT2D eigenvalue weighted by Gasteiger charge is -2.14. The summed E-state index contributed by atoms with van der Waals surface area (Å²) in [6.45, 7) is 1.23. The fourth-order valence-corrected chi connectivity index (χ4v) is 1.04. The monoisotopic (exact) mass is 228 g/mol. The van der Waals surface area contributed by atoms with Gasteiger partial charge in [-0.05, 0) is 6.92 Å². The third kappa shape index (κ3) is 5.31. The number of hydrogen-bond acceptors (Lipinski definition) is 5. The van der Waals surface area contributed by atoms with Crippen LogP contribution in [0, 0.1) is 0 Å². The summed E-state index contributed by atoms with van der Waals surface area (Å²) in [7, 11) is -3.15. The van der Waals surface area contributed by atoms with Gasteiger partial charge in [0.2, 0.25) is 0 Å². The number of carboxylic acid groups (broad SMARTS) is 1. The molecule has 1 unspecified atom stereocenters. The number of carbonyl (C=O) groups is 1. The van der Waals surface area contributed by atoms with E-state index in [1.54, 1.807) is 6.92 Å². The minimum absolute atomic E-state index is 0.170.